The van der Waals surface area contributed by atoms with Gasteiger partial charge in [0.15, 0.2) is 0 Å². The van der Waals surface area contributed by atoms with Crippen molar-refractivity contribution in [3.8, 4) is 0 Å². The summed E-state index contributed by atoms with van der Waals surface area (Å²) < 4.78 is 0. The molecule has 0 saturated carbocycles. The molecular formula is C26H25N3O3. The van der Waals surface area contributed by atoms with Crippen molar-refractivity contribution in [1.29, 1.82) is 0 Å². The molecule has 6 heteroatoms. The number of nitrogens with one attached hydrogen (secondary N) is 1. The highest BCUT2D eigenvalue weighted by Crippen LogP contribution is 2.59. The maximum absolute atomic E-state index is 11.8. The number of anilines is 2. The Balaban J connectivity index is 1.56. The van der Waals surface area contributed by atoms with Crippen molar-refractivity contribution in [2.75, 3.05) is 16.8 Å². The second kappa shape index (κ2) is 7.05. The predicted molar refractivity (Wildman–Crippen MR) is 124 cm³/mol. The number of nitrogens with zero attached hydrogens (tertiary/aromatic N) is 2. The van der Waals surface area contributed by atoms with E-state index in [1.807, 2.05) is 12.1 Å². The van der Waals surface area contributed by atoms with Gasteiger partial charge in [-0.15, -0.1) is 0 Å². The van der Waals surface area contributed by atoms with E-state index in [9.17, 15) is 14.9 Å². The Labute approximate surface area is 186 Å². The number of carbonyl (C=O) groups excluding carboxylic acids is 1. The van der Waals surface area contributed by atoms with Crippen LogP contribution in [-0.2, 0) is 4.79 Å². The van der Waals surface area contributed by atoms with Crippen LogP contribution in [0, 0.1) is 22.0 Å². The van der Waals surface area contributed by atoms with Crippen molar-refractivity contribution < 1.29 is 9.72 Å². The molecule has 0 bridgehead atoms. The molecule has 32 heavy (non-hydrogen) atoms. The van der Waals surface area contributed by atoms with Gasteiger partial charge in [-0.25, -0.2) is 0 Å². The number of carbonyl (C=O) groups is 1. The monoisotopic (exact) mass is 427 g/mol. The van der Waals surface area contributed by atoms with Crippen LogP contribution in [0.3, 0.4) is 0 Å². The second-order valence-electron chi connectivity index (χ2n) is 9.44. The third kappa shape index (κ3) is 2.82. The van der Waals surface area contributed by atoms with Gasteiger partial charge >= 0.3 is 0 Å². The fourth-order valence-electron chi connectivity index (χ4n) is 6.45. The summed E-state index contributed by atoms with van der Waals surface area (Å²) in [6.45, 7) is 2.49. The van der Waals surface area contributed by atoms with Gasteiger partial charge in [-0.3, -0.25) is 14.9 Å². The van der Waals surface area contributed by atoms with Crippen LogP contribution in [0.1, 0.15) is 54.3 Å². The van der Waals surface area contributed by atoms with Crippen molar-refractivity contribution in [2.45, 2.75) is 37.6 Å². The zero-order valence-corrected chi connectivity index (χ0v) is 17.9. The van der Waals surface area contributed by atoms with Gasteiger partial charge in [0.05, 0.1) is 11.0 Å². The van der Waals surface area contributed by atoms with E-state index in [2.05, 4.69) is 46.7 Å². The van der Waals surface area contributed by atoms with E-state index in [0.717, 1.165) is 30.6 Å². The van der Waals surface area contributed by atoms with Gasteiger partial charge in [-0.1, -0.05) is 36.4 Å². The number of amides is 1. The Bertz CT molecular complexity index is 1180. The predicted octanol–water partition coefficient (Wildman–Crippen LogP) is 5.45. The molecule has 2 aromatic carbocycles. The number of hydrogen-bond donors (Lipinski definition) is 1. The molecule has 162 valence electrons. The first-order valence-electron chi connectivity index (χ1n) is 11.3. The molecule has 0 radical (unpaired) electrons. The lowest BCUT2D eigenvalue weighted by Gasteiger charge is -2.51. The van der Waals surface area contributed by atoms with E-state index in [1.165, 1.54) is 16.8 Å². The average molecular weight is 428 g/mol. The van der Waals surface area contributed by atoms with E-state index >= 15 is 0 Å². The zero-order chi connectivity index (χ0) is 22.0. The summed E-state index contributed by atoms with van der Waals surface area (Å²) in [5.74, 6) is 1.32. The number of allylic oxidation sites excluding steroid dienone is 4. The first kappa shape index (κ1) is 19.3. The number of nitro benzene ring substituents is 1. The average Bonchev–Trinajstić information content (AvgIpc) is 3.43. The van der Waals surface area contributed by atoms with Crippen LogP contribution < -0.4 is 10.2 Å². The van der Waals surface area contributed by atoms with Crippen molar-refractivity contribution >= 4 is 23.0 Å². The van der Waals surface area contributed by atoms with E-state index in [1.54, 1.807) is 19.1 Å². The largest absolute Gasteiger partial charge is 0.363 e. The number of rotatable bonds is 3. The summed E-state index contributed by atoms with van der Waals surface area (Å²) in [6.07, 6.45) is 11.1. The van der Waals surface area contributed by atoms with Crippen LogP contribution >= 0.6 is 0 Å². The first-order chi connectivity index (χ1) is 15.5. The maximum Gasteiger partial charge on any atom is 0.269 e. The van der Waals surface area contributed by atoms with E-state index in [0.29, 0.717) is 17.8 Å². The van der Waals surface area contributed by atoms with Gasteiger partial charge in [0.25, 0.3) is 5.69 Å². The molecule has 4 aliphatic rings. The lowest BCUT2D eigenvalue weighted by molar-refractivity contribution is -0.384. The minimum absolute atomic E-state index is 0.0628. The molecule has 0 spiro atoms. The van der Waals surface area contributed by atoms with Gasteiger partial charge in [-0.05, 0) is 53.5 Å². The smallest absolute Gasteiger partial charge is 0.269 e. The molecule has 2 aliphatic carbocycles. The fraction of sp³-hybridized carbons (Fsp3) is 0.346. The van der Waals surface area contributed by atoms with E-state index in [-0.39, 0.29) is 28.5 Å². The molecule has 1 N–H and O–H groups in total. The fourth-order valence-corrected chi connectivity index (χ4v) is 6.45. The summed E-state index contributed by atoms with van der Waals surface area (Å²) in [5, 5.41) is 14.5. The van der Waals surface area contributed by atoms with Crippen molar-refractivity contribution in [3.63, 3.8) is 0 Å². The van der Waals surface area contributed by atoms with Crippen LogP contribution in [0.5, 0.6) is 0 Å². The van der Waals surface area contributed by atoms with Crippen LogP contribution in [0.25, 0.3) is 0 Å². The molecule has 0 fully saturated rings. The number of benzene rings is 2. The number of fused-ring (bicyclic) bond motifs is 4. The molecule has 0 saturated heterocycles. The lowest BCUT2D eigenvalue weighted by atomic mass is 9.70. The zero-order valence-electron chi connectivity index (χ0n) is 17.9. The molecule has 6 nitrogen and oxygen atoms in total. The standard InChI is InChI=1S/C26H25N3O3/c1-15(30)27-18-12-23-20-8-3-6-17(20)14-28-25(16-5-2-7-19(11-16)29(31)32)22-10-4-9-21(22)24(13-18)26(23)28/h2-5,7-9,11-13,17,20-22,25H,6,10,14H2,1H3,(H,27,30)/t17-,20-,21+,22-,25-/m0/s1. The summed E-state index contributed by atoms with van der Waals surface area (Å²) in [4.78, 5) is 25.5. The summed E-state index contributed by atoms with van der Waals surface area (Å²) >= 11 is 0. The van der Waals surface area contributed by atoms with Crippen LogP contribution in [0.15, 0.2) is 60.7 Å². The second-order valence-corrected chi connectivity index (χ2v) is 9.44. The third-order valence-electron chi connectivity index (χ3n) is 7.59. The highest BCUT2D eigenvalue weighted by atomic mass is 16.6. The highest BCUT2D eigenvalue weighted by Gasteiger charge is 2.48. The van der Waals surface area contributed by atoms with Gasteiger partial charge in [0.1, 0.15) is 0 Å². The summed E-state index contributed by atoms with van der Waals surface area (Å²) in [5.41, 5.74) is 5.83. The van der Waals surface area contributed by atoms with E-state index < -0.39 is 0 Å². The van der Waals surface area contributed by atoms with Gasteiger partial charge in [0.2, 0.25) is 5.91 Å². The van der Waals surface area contributed by atoms with Gasteiger partial charge in [-0.2, -0.15) is 0 Å². The Morgan fingerprint density at radius 2 is 1.84 bits per heavy atom. The third-order valence-corrected chi connectivity index (χ3v) is 7.59. The van der Waals surface area contributed by atoms with Crippen LogP contribution in [-0.4, -0.2) is 17.4 Å². The Morgan fingerprint density at radius 1 is 1.09 bits per heavy atom. The highest BCUT2D eigenvalue weighted by molar-refractivity contribution is 5.90. The summed E-state index contributed by atoms with van der Waals surface area (Å²) in [6, 6.07) is 11.6. The number of nitro groups is 1. The van der Waals surface area contributed by atoms with E-state index in [4.69, 9.17) is 0 Å². The normalized spacial score (nSPS) is 28.8. The molecular weight excluding hydrogens is 402 g/mol. The molecule has 2 heterocycles. The quantitative estimate of drug-likeness (QED) is 0.402. The minimum atomic E-state index is -0.303. The number of hydrogen-bond acceptors (Lipinski definition) is 4. The molecule has 5 atom stereocenters. The van der Waals surface area contributed by atoms with Crippen molar-refractivity contribution in [2.24, 2.45) is 11.8 Å². The Morgan fingerprint density at radius 3 is 2.62 bits per heavy atom. The van der Waals surface area contributed by atoms with Gasteiger partial charge < -0.3 is 10.2 Å². The first-order valence-corrected chi connectivity index (χ1v) is 11.3. The molecule has 6 rings (SSSR count). The molecule has 2 aromatic rings. The topological polar surface area (TPSA) is 75.5 Å². The molecule has 2 aliphatic heterocycles. The molecule has 0 aromatic heterocycles. The minimum Gasteiger partial charge on any atom is -0.363 e. The van der Waals surface area contributed by atoms with Crippen LogP contribution in [0.2, 0.25) is 0 Å². The Kier molecular flexibility index (Phi) is 4.25. The maximum atomic E-state index is 11.8. The van der Waals surface area contributed by atoms with Gasteiger partial charge in [0, 0.05) is 48.8 Å². The van der Waals surface area contributed by atoms with Crippen molar-refractivity contribution in [1.82, 2.24) is 0 Å². The summed E-state index contributed by atoms with van der Waals surface area (Å²) in [7, 11) is 0. The van der Waals surface area contributed by atoms with Crippen LogP contribution in [0.4, 0.5) is 17.1 Å². The number of non-ortho nitro benzene ring substituents is 1. The SMILES string of the molecule is CC(=O)Nc1cc2c3c(c1)[C@@H]1C=CC[C@@H]1[C@H](c1cccc([N+](=O)[O-])c1)N3C[C@@H]1CC=C[C@H]21. The molecule has 0 unspecified atom stereocenters. The lowest BCUT2D eigenvalue weighted by Crippen LogP contribution is -2.46. The Hall–Kier alpha value is -3.41. The van der Waals surface area contributed by atoms with Crippen molar-refractivity contribution in [3.05, 3.63) is 87.5 Å². The molecule has 1 amide bonds.